The molecule has 1 aromatic heterocycles. The van der Waals surface area contributed by atoms with E-state index in [1.165, 1.54) is 38.7 Å². The number of benzene rings is 2. The number of rotatable bonds is 6. The molecule has 1 heterocycles. The highest BCUT2D eigenvalue weighted by Crippen LogP contribution is 2.45. The SMILES string of the molecule is COP(=O)(OC)c1ccc(-c2nccnc2Oc2ccc(C(F)(F)F)cc2)cc1. The molecule has 0 aliphatic heterocycles. The van der Waals surface area contributed by atoms with Gasteiger partial charge in [0.15, 0.2) is 0 Å². The molecule has 152 valence electrons. The van der Waals surface area contributed by atoms with Crippen molar-refractivity contribution >= 4 is 12.9 Å². The Morgan fingerprint density at radius 1 is 0.862 bits per heavy atom. The van der Waals surface area contributed by atoms with E-state index in [0.29, 0.717) is 16.6 Å². The predicted molar refractivity (Wildman–Crippen MR) is 100 cm³/mol. The van der Waals surface area contributed by atoms with E-state index in [2.05, 4.69) is 9.97 Å². The summed E-state index contributed by atoms with van der Waals surface area (Å²) in [7, 11) is -0.812. The summed E-state index contributed by atoms with van der Waals surface area (Å²) in [5.74, 6) is 0.293. The maximum Gasteiger partial charge on any atom is 0.416 e. The van der Waals surface area contributed by atoms with E-state index in [1.54, 1.807) is 24.3 Å². The van der Waals surface area contributed by atoms with Crippen LogP contribution in [-0.4, -0.2) is 24.2 Å². The van der Waals surface area contributed by atoms with Crippen LogP contribution >= 0.6 is 7.60 Å². The lowest BCUT2D eigenvalue weighted by Crippen LogP contribution is -2.07. The first-order valence-corrected chi connectivity index (χ1v) is 9.80. The van der Waals surface area contributed by atoms with Gasteiger partial charge in [0.05, 0.1) is 10.9 Å². The first-order valence-electron chi connectivity index (χ1n) is 8.25. The third-order valence-electron chi connectivity index (χ3n) is 4.00. The zero-order chi connectivity index (χ0) is 21.1. The van der Waals surface area contributed by atoms with E-state index >= 15 is 0 Å². The molecule has 2 aromatic carbocycles. The topological polar surface area (TPSA) is 70.5 Å². The Kier molecular flexibility index (Phi) is 6.02. The molecule has 0 spiro atoms. The van der Waals surface area contributed by atoms with Gasteiger partial charge in [-0.25, -0.2) is 9.97 Å². The normalized spacial score (nSPS) is 12.0. The van der Waals surface area contributed by atoms with Crippen LogP contribution < -0.4 is 10.0 Å². The van der Waals surface area contributed by atoms with Crippen molar-refractivity contribution in [2.24, 2.45) is 0 Å². The Labute approximate surface area is 164 Å². The lowest BCUT2D eigenvalue weighted by atomic mass is 10.1. The average molecular weight is 424 g/mol. The van der Waals surface area contributed by atoms with E-state index in [4.69, 9.17) is 13.8 Å². The van der Waals surface area contributed by atoms with Crippen LogP contribution in [0.5, 0.6) is 11.6 Å². The van der Waals surface area contributed by atoms with Crippen molar-refractivity contribution in [3.05, 3.63) is 66.5 Å². The van der Waals surface area contributed by atoms with E-state index in [-0.39, 0.29) is 11.6 Å². The molecule has 0 aliphatic carbocycles. The fourth-order valence-corrected chi connectivity index (χ4v) is 3.59. The molecule has 29 heavy (non-hydrogen) atoms. The van der Waals surface area contributed by atoms with Gasteiger partial charge in [-0.1, -0.05) is 12.1 Å². The molecular formula is C19H16F3N2O4P. The van der Waals surface area contributed by atoms with Crippen LogP contribution in [0.1, 0.15) is 5.56 Å². The summed E-state index contributed by atoms with van der Waals surface area (Å²) in [5.41, 5.74) is 0.187. The van der Waals surface area contributed by atoms with Crippen LogP contribution in [0.2, 0.25) is 0 Å². The minimum Gasteiger partial charge on any atom is -0.437 e. The first-order chi connectivity index (χ1) is 13.8. The van der Waals surface area contributed by atoms with Gasteiger partial charge >= 0.3 is 13.8 Å². The lowest BCUT2D eigenvalue weighted by Gasteiger charge is -2.14. The highest BCUT2D eigenvalue weighted by Gasteiger charge is 2.30. The number of nitrogens with zero attached hydrogens (tertiary/aromatic N) is 2. The van der Waals surface area contributed by atoms with Gasteiger partial charge in [-0.15, -0.1) is 0 Å². The quantitative estimate of drug-likeness (QED) is 0.515. The van der Waals surface area contributed by atoms with Gasteiger partial charge in [0, 0.05) is 32.2 Å². The first kappa shape index (κ1) is 21.0. The monoisotopic (exact) mass is 424 g/mol. The predicted octanol–water partition coefficient (Wildman–Crippen LogP) is 5.07. The van der Waals surface area contributed by atoms with E-state index in [9.17, 15) is 17.7 Å². The number of hydrogen-bond acceptors (Lipinski definition) is 6. The summed E-state index contributed by atoms with van der Waals surface area (Å²) < 4.78 is 66.1. The van der Waals surface area contributed by atoms with Crippen molar-refractivity contribution in [2.75, 3.05) is 14.2 Å². The number of aromatic nitrogens is 2. The zero-order valence-corrected chi connectivity index (χ0v) is 16.3. The van der Waals surface area contributed by atoms with Crippen molar-refractivity contribution < 1.29 is 31.5 Å². The lowest BCUT2D eigenvalue weighted by molar-refractivity contribution is -0.137. The fraction of sp³-hybridized carbons (Fsp3) is 0.158. The molecule has 6 nitrogen and oxygen atoms in total. The van der Waals surface area contributed by atoms with Crippen molar-refractivity contribution in [3.63, 3.8) is 0 Å². The van der Waals surface area contributed by atoms with Gasteiger partial charge in [-0.2, -0.15) is 13.2 Å². The highest BCUT2D eigenvalue weighted by molar-refractivity contribution is 7.62. The van der Waals surface area contributed by atoms with Gasteiger partial charge in [0.25, 0.3) is 0 Å². The molecule has 0 saturated heterocycles. The Morgan fingerprint density at radius 2 is 1.45 bits per heavy atom. The maximum atomic E-state index is 12.7. The Bertz CT molecular complexity index is 1020. The second kappa shape index (κ2) is 8.32. The van der Waals surface area contributed by atoms with Gasteiger partial charge in [-0.05, 0) is 36.4 Å². The van der Waals surface area contributed by atoms with Crippen molar-refractivity contribution in [1.82, 2.24) is 9.97 Å². The molecule has 0 N–H and O–H groups in total. The Balaban J connectivity index is 1.89. The van der Waals surface area contributed by atoms with E-state index in [1.807, 2.05) is 0 Å². The van der Waals surface area contributed by atoms with Gasteiger partial charge in [-0.3, -0.25) is 4.57 Å². The highest BCUT2D eigenvalue weighted by atomic mass is 31.2. The van der Waals surface area contributed by atoms with Crippen LogP contribution in [-0.2, 0) is 19.8 Å². The summed E-state index contributed by atoms with van der Waals surface area (Å²) in [5, 5.41) is 0.361. The largest absolute Gasteiger partial charge is 0.437 e. The van der Waals surface area contributed by atoms with Crippen LogP contribution in [0.4, 0.5) is 13.2 Å². The Morgan fingerprint density at radius 3 is 2.00 bits per heavy atom. The molecule has 3 rings (SSSR count). The van der Waals surface area contributed by atoms with Gasteiger partial charge in [0.1, 0.15) is 11.4 Å². The second-order valence-corrected chi connectivity index (χ2v) is 7.99. The van der Waals surface area contributed by atoms with E-state index in [0.717, 1.165) is 12.1 Å². The van der Waals surface area contributed by atoms with Gasteiger partial charge in [0.2, 0.25) is 5.88 Å². The molecule has 0 unspecified atom stereocenters. The van der Waals surface area contributed by atoms with Crippen molar-refractivity contribution in [1.29, 1.82) is 0 Å². The molecule has 3 aromatic rings. The molecular weight excluding hydrogens is 408 g/mol. The third-order valence-corrected chi connectivity index (χ3v) is 5.89. The van der Waals surface area contributed by atoms with Crippen LogP contribution in [0.25, 0.3) is 11.3 Å². The molecule has 0 radical (unpaired) electrons. The molecule has 0 saturated carbocycles. The third kappa shape index (κ3) is 4.64. The molecule has 0 fully saturated rings. The standard InChI is InChI=1S/C19H16F3N2O4P/c1-26-29(25,27-2)16-9-3-13(4-10-16)17-18(24-12-11-23-17)28-15-7-5-14(6-8-15)19(20,21)22/h3-12H,1-2H3. The molecule has 0 bridgehead atoms. The molecule has 0 atom stereocenters. The molecule has 0 aliphatic rings. The summed E-state index contributed by atoms with van der Waals surface area (Å²) in [6.45, 7) is 0. The number of ether oxygens (including phenoxy) is 1. The maximum absolute atomic E-state index is 12.7. The van der Waals surface area contributed by atoms with Crippen LogP contribution in [0.15, 0.2) is 60.9 Å². The Hall–Kier alpha value is -2.74. The van der Waals surface area contributed by atoms with E-state index < -0.39 is 19.3 Å². The smallest absolute Gasteiger partial charge is 0.416 e. The average Bonchev–Trinajstić information content (AvgIpc) is 2.73. The summed E-state index contributed by atoms with van der Waals surface area (Å²) in [6, 6.07) is 10.7. The fourth-order valence-electron chi connectivity index (χ4n) is 2.51. The number of alkyl halides is 3. The number of hydrogen-bond donors (Lipinski definition) is 0. The molecule has 0 amide bonds. The second-order valence-electron chi connectivity index (χ2n) is 5.74. The zero-order valence-electron chi connectivity index (χ0n) is 15.4. The minimum atomic E-state index is -4.43. The summed E-state index contributed by atoms with van der Waals surface area (Å²) in [4.78, 5) is 8.35. The summed E-state index contributed by atoms with van der Waals surface area (Å²) >= 11 is 0. The summed E-state index contributed by atoms with van der Waals surface area (Å²) in [6.07, 6.45) is -1.57. The number of halogens is 3. The minimum absolute atomic E-state index is 0.113. The van der Waals surface area contributed by atoms with Crippen LogP contribution in [0, 0.1) is 0 Å². The van der Waals surface area contributed by atoms with Crippen LogP contribution in [0.3, 0.4) is 0 Å². The van der Waals surface area contributed by atoms with Crippen molar-refractivity contribution in [2.45, 2.75) is 6.18 Å². The molecule has 10 heteroatoms. The van der Waals surface area contributed by atoms with Gasteiger partial charge < -0.3 is 13.8 Å². The van der Waals surface area contributed by atoms with Crippen molar-refractivity contribution in [3.8, 4) is 22.9 Å².